The Labute approximate surface area is 155 Å². The molecule has 0 saturated heterocycles. The molecule has 0 spiro atoms. The van der Waals surface area contributed by atoms with E-state index < -0.39 is 5.97 Å². The van der Waals surface area contributed by atoms with E-state index >= 15 is 0 Å². The van der Waals surface area contributed by atoms with Crippen LogP contribution in [-0.4, -0.2) is 20.3 Å². The van der Waals surface area contributed by atoms with Crippen molar-refractivity contribution in [3.8, 4) is 0 Å². The summed E-state index contributed by atoms with van der Waals surface area (Å²) < 4.78 is 6.85. The Morgan fingerprint density at radius 2 is 1.96 bits per heavy atom. The average Bonchev–Trinajstić information content (AvgIpc) is 2.95. The van der Waals surface area contributed by atoms with Crippen LogP contribution in [0.4, 0.5) is 0 Å². The highest BCUT2D eigenvalue weighted by Gasteiger charge is 2.24. The number of fused-ring (bicyclic) bond motifs is 1. The van der Waals surface area contributed by atoms with Gasteiger partial charge in [-0.15, -0.1) is 11.3 Å². The molecule has 0 saturated carbocycles. The summed E-state index contributed by atoms with van der Waals surface area (Å²) in [6, 6.07) is 5.04. The molecule has 0 unspecified atom stereocenters. The number of pyridine rings is 1. The fourth-order valence-corrected chi connectivity index (χ4v) is 3.46. The summed E-state index contributed by atoms with van der Waals surface area (Å²) in [5, 5.41) is 0.888. The fraction of sp³-hybridized carbons (Fsp3) is 0.368. The van der Waals surface area contributed by atoms with Gasteiger partial charge in [-0.05, 0) is 25.5 Å². The third kappa shape index (κ3) is 3.67. The normalized spacial score (nSPS) is 11.7. The Hall–Kier alpha value is -2.54. The number of esters is 1. The van der Waals surface area contributed by atoms with Crippen LogP contribution in [-0.2, 0) is 16.8 Å². The quantitative estimate of drug-likeness (QED) is 0.660. The van der Waals surface area contributed by atoms with E-state index in [1.807, 2.05) is 13.0 Å². The molecule has 3 aromatic rings. The van der Waals surface area contributed by atoms with Crippen molar-refractivity contribution in [2.45, 2.75) is 46.6 Å². The molecule has 136 valence electrons. The van der Waals surface area contributed by atoms with E-state index in [1.54, 1.807) is 19.2 Å². The molecule has 0 radical (unpaired) electrons. The van der Waals surface area contributed by atoms with E-state index in [9.17, 15) is 9.59 Å². The molecule has 0 atom stereocenters. The molecule has 3 aromatic heterocycles. The fourth-order valence-electron chi connectivity index (χ4n) is 2.44. The zero-order valence-electron chi connectivity index (χ0n) is 15.5. The van der Waals surface area contributed by atoms with Crippen LogP contribution in [0.15, 0.2) is 29.2 Å². The molecule has 7 heteroatoms. The average molecular weight is 371 g/mol. The minimum Gasteiger partial charge on any atom is -0.455 e. The molecule has 6 nitrogen and oxygen atoms in total. The van der Waals surface area contributed by atoms with Gasteiger partial charge in [0.15, 0.2) is 0 Å². The van der Waals surface area contributed by atoms with Crippen molar-refractivity contribution in [3.63, 3.8) is 0 Å². The monoisotopic (exact) mass is 371 g/mol. The number of rotatable bonds is 3. The van der Waals surface area contributed by atoms with Gasteiger partial charge in [0.05, 0.1) is 16.4 Å². The number of hydrogen-bond donors (Lipinski definition) is 0. The van der Waals surface area contributed by atoms with E-state index in [1.165, 1.54) is 21.8 Å². The summed E-state index contributed by atoms with van der Waals surface area (Å²) in [6.07, 6.45) is 1.73. The van der Waals surface area contributed by atoms with Crippen molar-refractivity contribution < 1.29 is 9.53 Å². The number of carbonyl (C=O) groups is 1. The second-order valence-electron chi connectivity index (χ2n) is 7.28. The van der Waals surface area contributed by atoms with Crippen LogP contribution in [0.3, 0.4) is 0 Å². The topological polar surface area (TPSA) is 73.6 Å². The largest absolute Gasteiger partial charge is 0.455 e. The highest BCUT2D eigenvalue weighted by molar-refractivity contribution is 7.13. The predicted octanol–water partition coefficient (Wildman–Crippen LogP) is 3.42. The number of nitrogens with zero attached hydrogens (tertiary/aromatic N) is 3. The Morgan fingerprint density at radius 3 is 2.62 bits per heavy atom. The van der Waals surface area contributed by atoms with Crippen molar-refractivity contribution in [3.05, 3.63) is 61.6 Å². The molecule has 26 heavy (non-hydrogen) atoms. The maximum atomic E-state index is 12.4. The standard InChI is InChI=1S/C19H21N3O3S/c1-11-6-7-14-21-13(8-15(23)22(14)9-11)10-25-17(24)16-12(2)20-18(26-16)19(3,4)5/h6-9H,10H2,1-5H3. The third-order valence-corrected chi connectivity index (χ3v) is 5.40. The van der Waals surface area contributed by atoms with Crippen LogP contribution < -0.4 is 5.56 Å². The smallest absolute Gasteiger partial charge is 0.350 e. The molecule has 3 rings (SSSR count). The molecule has 0 fully saturated rings. The van der Waals surface area contributed by atoms with Crippen molar-refractivity contribution in [1.29, 1.82) is 0 Å². The Kier molecular flexibility index (Phi) is 4.66. The van der Waals surface area contributed by atoms with Gasteiger partial charge in [-0.1, -0.05) is 26.8 Å². The molecule has 0 aliphatic heterocycles. The van der Waals surface area contributed by atoms with Crippen molar-refractivity contribution in [1.82, 2.24) is 14.4 Å². The lowest BCUT2D eigenvalue weighted by Gasteiger charge is -2.13. The Balaban J connectivity index is 1.80. The molecule has 0 aliphatic carbocycles. The summed E-state index contributed by atoms with van der Waals surface area (Å²) in [5.41, 5.74) is 2.25. The van der Waals surface area contributed by atoms with Crippen molar-refractivity contribution in [2.75, 3.05) is 0 Å². The van der Waals surface area contributed by atoms with Gasteiger partial charge >= 0.3 is 5.97 Å². The van der Waals surface area contributed by atoms with E-state index in [0.717, 1.165) is 10.6 Å². The van der Waals surface area contributed by atoms with Crippen LogP contribution in [0.2, 0.25) is 0 Å². The SMILES string of the molecule is Cc1ccc2nc(COC(=O)c3sc(C(C)(C)C)nc3C)cc(=O)n2c1. The van der Waals surface area contributed by atoms with Crippen LogP contribution in [0.5, 0.6) is 0 Å². The van der Waals surface area contributed by atoms with Crippen molar-refractivity contribution in [2.24, 2.45) is 0 Å². The zero-order valence-corrected chi connectivity index (χ0v) is 16.3. The lowest BCUT2D eigenvalue weighted by atomic mass is 9.98. The van der Waals surface area contributed by atoms with Gasteiger partial charge in [0, 0.05) is 17.7 Å². The lowest BCUT2D eigenvalue weighted by molar-refractivity contribution is 0.0472. The molecule has 0 aromatic carbocycles. The maximum Gasteiger partial charge on any atom is 0.350 e. The van der Waals surface area contributed by atoms with E-state index in [-0.39, 0.29) is 17.6 Å². The Morgan fingerprint density at radius 1 is 1.23 bits per heavy atom. The summed E-state index contributed by atoms with van der Waals surface area (Å²) in [5.74, 6) is -0.443. The summed E-state index contributed by atoms with van der Waals surface area (Å²) in [6.45, 7) is 9.80. The van der Waals surface area contributed by atoms with Gasteiger partial charge in [-0.3, -0.25) is 9.20 Å². The molecule has 0 amide bonds. The highest BCUT2D eigenvalue weighted by Crippen LogP contribution is 2.29. The van der Waals surface area contributed by atoms with Crippen LogP contribution in [0, 0.1) is 13.8 Å². The highest BCUT2D eigenvalue weighted by atomic mass is 32.1. The molecular weight excluding hydrogens is 350 g/mol. The maximum absolute atomic E-state index is 12.4. The third-order valence-electron chi connectivity index (χ3n) is 3.84. The van der Waals surface area contributed by atoms with Gasteiger partial charge in [0.1, 0.15) is 17.1 Å². The predicted molar refractivity (Wildman–Crippen MR) is 101 cm³/mol. The van der Waals surface area contributed by atoms with E-state index in [4.69, 9.17) is 4.74 Å². The van der Waals surface area contributed by atoms with Gasteiger partial charge in [-0.25, -0.2) is 14.8 Å². The molecule has 3 heterocycles. The molecular formula is C19H21N3O3S. The number of aryl methyl sites for hydroxylation is 2. The summed E-state index contributed by atoms with van der Waals surface area (Å²) in [4.78, 5) is 34.0. The minimum absolute atomic E-state index is 0.0549. The first-order valence-corrected chi connectivity index (χ1v) is 9.11. The Bertz CT molecular complexity index is 1040. The number of ether oxygens (including phenoxy) is 1. The lowest BCUT2D eigenvalue weighted by Crippen LogP contribution is -2.16. The number of aromatic nitrogens is 3. The van der Waals surface area contributed by atoms with Gasteiger partial charge in [-0.2, -0.15) is 0 Å². The van der Waals surface area contributed by atoms with Crippen LogP contribution in [0.1, 0.15) is 52.4 Å². The minimum atomic E-state index is -0.443. The molecule has 0 aliphatic rings. The first-order chi connectivity index (χ1) is 12.1. The van der Waals surface area contributed by atoms with E-state index in [2.05, 4.69) is 30.7 Å². The van der Waals surface area contributed by atoms with Crippen molar-refractivity contribution >= 4 is 23.0 Å². The number of hydrogen-bond acceptors (Lipinski definition) is 6. The van der Waals surface area contributed by atoms with Gasteiger partial charge < -0.3 is 4.74 Å². The summed E-state index contributed by atoms with van der Waals surface area (Å²) in [7, 11) is 0. The summed E-state index contributed by atoms with van der Waals surface area (Å²) >= 11 is 1.35. The van der Waals surface area contributed by atoms with Gasteiger partial charge in [0.2, 0.25) is 0 Å². The first-order valence-electron chi connectivity index (χ1n) is 8.29. The molecule has 0 N–H and O–H groups in total. The first kappa shape index (κ1) is 18.3. The molecule has 0 bridgehead atoms. The van der Waals surface area contributed by atoms with Gasteiger partial charge in [0.25, 0.3) is 5.56 Å². The number of thiazole rings is 1. The second kappa shape index (κ2) is 6.64. The number of carbonyl (C=O) groups excluding carboxylic acids is 1. The van der Waals surface area contributed by atoms with Crippen LogP contribution in [0.25, 0.3) is 5.65 Å². The second-order valence-corrected chi connectivity index (χ2v) is 8.28. The zero-order chi connectivity index (χ0) is 19.1. The van der Waals surface area contributed by atoms with Crippen LogP contribution >= 0.6 is 11.3 Å². The van der Waals surface area contributed by atoms with E-state index in [0.29, 0.717) is 21.9 Å².